The number of benzene rings is 1. The van der Waals surface area contributed by atoms with E-state index in [-0.39, 0.29) is 11.8 Å². The number of anilines is 1. The van der Waals surface area contributed by atoms with E-state index in [1.807, 2.05) is 35.2 Å². The quantitative estimate of drug-likeness (QED) is 0.716. The molecule has 0 atom stereocenters. The molecule has 2 aromatic rings. The third kappa shape index (κ3) is 4.88. The van der Waals surface area contributed by atoms with Crippen molar-refractivity contribution in [2.75, 3.05) is 50.4 Å². The standard InChI is InChI=1S/C22H29N5O3S/c1-17-5-3-4-6-19(17)20-7-8-21(24-23-20)25-13-15-26(16-14-25)22(28)18-9-11-27(12-10-18)31(2,29)30/h3-8,18H,9-16H2,1-2H3. The highest BCUT2D eigenvalue weighted by Crippen LogP contribution is 2.24. The van der Waals surface area contributed by atoms with E-state index >= 15 is 0 Å². The van der Waals surface area contributed by atoms with Gasteiger partial charge in [0.1, 0.15) is 0 Å². The molecule has 8 nitrogen and oxygen atoms in total. The maximum absolute atomic E-state index is 12.9. The number of piperidine rings is 1. The fraction of sp³-hybridized carbons (Fsp3) is 0.500. The van der Waals surface area contributed by atoms with E-state index < -0.39 is 10.0 Å². The van der Waals surface area contributed by atoms with E-state index in [0.29, 0.717) is 52.1 Å². The smallest absolute Gasteiger partial charge is 0.225 e. The van der Waals surface area contributed by atoms with Crippen molar-refractivity contribution in [3.63, 3.8) is 0 Å². The van der Waals surface area contributed by atoms with Gasteiger partial charge >= 0.3 is 0 Å². The molecule has 2 aliphatic heterocycles. The number of sulfonamides is 1. The molecule has 0 N–H and O–H groups in total. The van der Waals surface area contributed by atoms with Crippen LogP contribution in [-0.4, -0.2) is 79.3 Å². The molecule has 31 heavy (non-hydrogen) atoms. The van der Waals surface area contributed by atoms with Gasteiger partial charge in [-0.05, 0) is 37.5 Å². The third-order valence-electron chi connectivity index (χ3n) is 6.26. The number of aromatic nitrogens is 2. The van der Waals surface area contributed by atoms with Gasteiger partial charge in [0.15, 0.2) is 5.82 Å². The lowest BCUT2D eigenvalue weighted by Crippen LogP contribution is -2.52. The first kappa shape index (κ1) is 21.7. The summed E-state index contributed by atoms with van der Waals surface area (Å²) >= 11 is 0. The second kappa shape index (κ2) is 8.92. The van der Waals surface area contributed by atoms with E-state index in [0.717, 1.165) is 17.1 Å². The molecular weight excluding hydrogens is 414 g/mol. The van der Waals surface area contributed by atoms with Crippen LogP contribution in [0.2, 0.25) is 0 Å². The van der Waals surface area contributed by atoms with E-state index in [2.05, 4.69) is 28.1 Å². The molecule has 0 unspecified atom stereocenters. The van der Waals surface area contributed by atoms with Gasteiger partial charge in [0, 0.05) is 50.7 Å². The van der Waals surface area contributed by atoms with Gasteiger partial charge in [0.2, 0.25) is 15.9 Å². The van der Waals surface area contributed by atoms with Crippen LogP contribution in [0.25, 0.3) is 11.3 Å². The fourth-order valence-corrected chi connectivity index (χ4v) is 5.22. The molecule has 3 heterocycles. The molecule has 4 rings (SSSR count). The summed E-state index contributed by atoms with van der Waals surface area (Å²) in [5.74, 6) is 0.886. The molecule has 2 aliphatic rings. The van der Waals surface area contributed by atoms with Crippen molar-refractivity contribution in [1.82, 2.24) is 19.4 Å². The minimum atomic E-state index is -3.17. The second-order valence-corrected chi connectivity index (χ2v) is 10.3. The third-order valence-corrected chi connectivity index (χ3v) is 7.56. The molecule has 0 saturated carbocycles. The van der Waals surface area contributed by atoms with Crippen molar-refractivity contribution in [2.45, 2.75) is 19.8 Å². The summed E-state index contributed by atoms with van der Waals surface area (Å²) in [6.45, 7) is 5.64. The van der Waals surface area contributed by atoms with Crippen LogP contribution in [0.1, 0.15) is 18.4 Å². The zero-order valence-corrected chi connectivity index (χ0v) is 18.9. The molecule has 9 heteroatoms. The van der Waals surface area contributed by atoms with Crippen molar-refractivity contribution in [2.24, 2.45) is 5.92 Å². The minimum Gasteiger partial charge on any atom is -0.352 e. The number of aryl methyl sites for hydroxylation is 1. The minimum absolute atomic E-state index is 0.0854. The van der Waals surface area contributed by atoms with Gasteiger partial charge in [0.05, 0.1) is 11.9 Å². The predicted octanol–water partition coefficient (Wildman–Crippen LogP) is 1.77. The summed E-state index contributed by atoms with van der Waals surface area (Å²) < 4.78 is 24.8. The highest BCUT2D eigenvalue weighted by Gasteiger charge is 2.32. The van der Waals surface area contributed by atoms with Crippen LogP contribution in [-0.2, 0) is 14.8 Å². The SMILES string of the molecule is Cc1ccccc1-c1ccc(N2CCN(C(=O)C3CCN(S(C)(=O)=O)CC3)CC2)nn1. The van der Waals surface area contributed by atoms with Crippen molar-refractivity contribution < 1.29 is 13.2 Å². The number of carbonyl (C=O) groups is 1. The van der Waals surface area contributed by atoms with E-state index in [1.54, 1.807) is 0 Å². The number of amides is 1. The Morgan fingerprint density at radius 1 is 0.935 bits per heavy atom. The summed E-state index contributed by atoms with van der Waals surface area (Å²) in [5, 5.41) is 8.83. The van der Waals surface area contributed by atoms with Crippen LogP contribution in [0.4, 0.5) is 5.82 Å². The highest BCUT2D eigenvalue weighted by atomic mass is 32.2. The lowest BCUT2D eigenvalue weighted by atomic mass is 9.96. The number of rotatable bonds is 4. The van der Waals surface area contributed by atoms with Gasteiger partial charge in [-0.1, -0.05) is 24.3 Å². The van der Waals surface area contributed by atoms with Crippen LogP contribution in [0, 0.1) is 12.8 Å². The van der Waals surface area contributed by atoms with Crippen LogP contribution < -0.4 is 4.90 Å². The summed E-state index contributed by atoms with van der Waals surface area (Å²) in [6.07, 6.45) is 2.42. The first-order valence-electron chi connectivity index (χ1n) is 10.7. The molecule has 0 radical (unpaired) electrons. The number of hydrogen-bond acceptors (Lipinski definition) is 6. The average Bonchev–Trinajstić information content (AvgIpc) is 2.79. The van der Waals surface area contributed by atoms with Gasteiger partial charge in [-0.25, -0.2) is 12.7 Å². The number of carbonyl (C=O) groups excluding carboxylic acids is 1. The van der Waals surface area contributed by atoms with E-state index in [1.165, 1.54) is 16.1 Å². The van der Waals surface area contributed by atoms with Crippen LogP contribution in [0.15, 0.2) is 36.4 Å². The first-order chi connectivity index (χ1) is 14.8. The largest absolute Gasteiger partial charge is 0.352 e. The molecule has 2 fully saturated rings. The van der Waals surface area contributed by atoms with E-state index in [4.69, 9.17) is 0 Å². The van der Waals surface area contributed by atoms with E-state index in [9.17, 15) is 13.2 Å². The summed E-state index contributed by atoms with van der Waals surface area (Å²) in [4.78, 5) is 17.0. The molecule has 0 spiro atoms. The number of piperazine rings is 1. The molecular formula is C22H29N5O3S. The monoisotopic (exact) mass is 443 g/mol. The molecule has 1 aromatic heterocycles. The Labute approximate surface area is 183 Å². The van der Waals surface area contributed by atoms with Gasteiger partial charge in [-0.15, -0.1) is 10.2 Å². The Kier molecular flexibility index (Phi) is 6.24. The van der Waals surface area contributed by atoms with Crippen molar-refractivity contribution in [3.05, 3.63) is 42.0 Å². The lowest BCUT2D eigenvalue weighted by molar-refractivity contribution is -0.137. The number of hydrogen-bond donors (Lipinski definition) is 0. The summed E-state index contributed by atoms with van der Waals surface area (Å²) in [5.41, 5.74) is 3.11. The lowest BCUT2D eigenvalue weighted by Gasteiger charge is -2.38. The second-order valence-electron chi connectivity index (χ2n) is 8.34. The predicted molar refractivity (Wildman–Crippen MR) is 120 cm³/mol. The van der Waals surface area contributed by atoms with Gasteiger partial charge in [-0.2, -0.15) is 0 Å². The molecule has 1 amide bonds. The van der Waals surface area contributed by atoms with Crippen molar-refractivity contribution in [3.8, 4) is 11.3 Å². The zero-order valence-electron chi connectivity index (χ0n) is 18.1. The van der Waals surface area contributed by atoms with Crippen molar-refractivity contribution in [1.29, 1.82) is 0 Å². The maximum Gasteiger partial charge on any atom is 0.225 e. The van der Waals surface area contributed by atoms with Crippen LogP contribution >= 0.6 is 0 Å². The van der Waals surface area contributed by atoms with Crippen LogP contribution in [0.3, 0.4) is 0 Å². The molecule has 0 aliphatic carbocycles. The Morgan fingerprint density at radius 2 is 1.61 bits per heavy atom. The van der Waals surface area contributed by atoms with Gasteiger partial charge in [-0.3, -0.25) is 4.79 Å². The maximum atomic E-state index is 12.9. The zero-order chi connectivity index (χ0) is 22.0. The van der Waals surface area contributed by atoms with Gasteiger partial charge < -0.3 is 9.80 Å². The van der Waals surface area contributed by atoms with Gasteiger partial charge in [0.25, 0.3) is 0 Å². The topological polar surface area (TPSA) is 86.7 Å². The molecule has 2 saturated heterocycles. The summed E-state index contributed by atoms with van der Waals surface area (Å²) in [6, 6.07) is 12.1. The molecule has 1 aromatic carbocycles. The van der Waals surface area contributed by atoms with Crippen molar-refractivity contribution >= 4 is 21.7 Å². The normalized spacial score (nSPS) is 18.9. The average molecular weight is 444 g/mol. The molecule has 166 valence electrons. The summed E-state index contributed by atoms with van der Waals surface area (Å²) in [7, 11) is -3.17. The first-order valence-corrected chi connectivity index (χ1v) is 12.6. The molecule has 0 bridgehead atoms. The Morgan fingerprint density at radius 3 is 2.19 bits per heavy atom. The highest BCUT2D eigenvalue weighted by molar-refractivity contribution is 7.88. The Balaban J connectivity index is 1.32. The Hall–Kier alpha value is -2.52. The Bertz CT molecular complexity index is 1030. The number of nitrogens with zero attached hydrogens (tertiary/aromatic N) is 5. The fourth-order valence-electron chi connectivity index (χ4n) is 4.35. The van der Waals surface area contributed by atoms with Crippen LogP contribution in [0.5, 0.6) is 0 Å².